The second-order valence-corrected chi connectivity index (χ2v) is 5.35. The Morgan fingerprint density at radius 1 is 1.04 bits per heavy atom. The number of fused-ring (bicyclic) bond motifs is 2. The van der Waals surface area contributed by atoms with Gasteiger partial charge in [0.25, 0.3) is 0 Å². The number of benzene rings is 1. The van der Waals surface area contributed by atoms with Crippen LogP contribution in [0.3, 0.4) is 0 Å². The maximum absolute atomic E-state index is 13.0. The molecule has 1 aliphatic heterocycles. The van der Waals surface area contributed by atoms with Crippen LogP contribution in [0.5, 0.6) is 11.5 Å². The molecule has 0 spiro atoms. The highest BCUT2D eigenvalue weighted by Gasteiger charge is 2.43. The summed E-state index contributed by atoms with van der Waals surface area (Å²) in [5.41, 5.74) is -0.719. The first-order valence-corrected chi connectivity index (χ1v) is 7.01. The Labute approximate surface area is 136 Å². The van der Waals surface area contributed by atoms with Gasteiger partial charge in [0, 0.05) is 12.6 Å². The maximum Gasteiger partial charge on any atom is 0.586 e. The minimum Gasteiger partial charge on any atom is -0.395 e. The third kappa shape index (κ3) is 2.73. The van der Waals surface area contributed by atoms with Crippen molar-refractivity contribution in [2.24, 2.45) is 0 Å². The van der Waals surface area contributed by atoms with E-state index in [0.717, 1.165) is 6.07 Å². The summed E-state index contributed by atoms with van der Waals surface area (Å²) in [4.78, 5) is 0. The van der Waals surface area contributed by atoms with E-state index in [2.05, 4.69) is 19.7 Å². The highest BCUT2D eigenvalue weighted by molar-refractivity contribution is 5.50. The molecule has 0 radical (unpaired) electrons. The molecule has 0 bridgehead atoms. The number of alkyl halides is 5. The van der Waals surface area contributed by atoms with E-state index in [-0.39, 0.29) is 29.4 Å². The summed E-state index contributed by atoms with van der Waals surface area (Å²) in [5, 5.41) is 7.37. The standard InChI is InChI=1S/C15H8F5N3O2/c16-14(17,18)9-2-1-5-23-12(21-22-13(9)23)7-8-3-4-10-11(6-8)25-15(19,20)24-10/h1-6H,7H2. The van der Waals surface area contributed by atoms with Crippen molar-refractivity contribution in [3.05, 3.63) is 53.5 Å². The second kappa shape index (κ2) is 5.04. The molecule has 3 aromatic rings. The fraction of sp³-hybridized carbons (Fsp3) is 0.200. The molecule has 0 atom stereocenters. The van der Waals surface area contributed by atoms with Crippen LogP contribution in [0.2, 0.25) is 0 Å². The average Bonchev–Trinajstić information content (AvgIpc) is 3.05. The normalized spacial score (nSPS) is 15.7. The van der Waals surface area contributed by atoms with E-state index in [1.165, 1.54) is 34.9 Å². The summed E-state index contributed by atoms with van der Waals surface area (Å²) < 4.78 is 74.9. The lowest BCUT2D eigenvalue weighted by Crippen LogP contribution is -2.25. The van der Waals surface area contributed by atoms with Crippen LogP contribution in [0.15, 0.2) is 36.5 Å². The third-order valence-corrected chi connectivity index (χ3v) is 3.64. The van der Waals surface area contributed by atoms with Crippen molar-refractivity contribution in [1.82, 2.24) is 14.6 Å². The van der Waals surface area contributed by atoms with Gasteiger partial charge in [-0.3, -0.25) is 4.40 Å². The number of pyridine rings is 1. The summed E-state index contributed by atoms with van der Waals surface area (Å²) in [5.74, 6) is -0.0294. The Morgan fingerprint density at radius 2 is 1.80 bits per heavy atom. The van der Waals surface area contributed by atoms with Crippen molar-refractivity contribution >= 4 is 5.65 Å². The van der Waals surface area contributed by atoms with E-state index >= 15 is 0 Å². The molecule has 0 amide bonds. The van der Waals surface area contributed by atoms with Crippen molar-refractivity contribution in [3.63, 3.8) is 0 Å². The van der Waals surface area contributed by atoms with Crippen LogP contribution in [0.25, 0.3) is 5.65 Å². The van der Waals surface area contributed by atoms with Crippen molar-refractivity contribution < 1.29 is 31.4 Å². The second-order valence-electron chi connectivity index (χ2n) is 5.35. The van der Waals surface area contributed by atoms with Gasteiger partial charge in [-0.2, -0.15) is 13.2 Å². The van der Waals surface area contributed by atoms with Crippen LogP contribution in [0.4, 0.5) is 22.0 Å². The molecular weight excluding hydrogens is 349 g/mol. The van der Waals surface area contributed by atoms with Gasteiger partial charge in [-0.25, -0.2) is 0 Å². The van der Waals surface area contributed by atoms with Gasteiger partial charge >= 0.3 is 12.5 Å². The first-order chi connectivity index (χ1) is 11.7. The molecule has 4 rings (SSSR count). The van der Waals surface area contributed by atoms with Crippen LogP contribution in [0.1, 0.15) is 17.0 Å². The Kier molecular flexibility index (Phi) is 3.15. The van der Waals surface area contributed by atoms with Gasteiger partial charge in [0.05, 0.1) is 0 Å². The van der Waals surface area contributed by atoms with Crippen molar-refractivity contribution in [2.75, 3.05) is 0 Å². The van der Waals surface area contributed by atoms with E-state index in [4.69, 9.17) is 0 Å². The molecular formula is C15H8F5N3O2. The van der Waals surface area contributed by atoms with Crippen LogP contribution < -0.4 is 9.47 Å². The Hall–Kier alpha value is -2.91. The van der Waals surface area contributed by atoms with E-state index in [1.807, 2.05) is 0 Å². The van der Waals surface area contributed by atoms with Crippen molar-refractivity contribution in [1.29, 1.82) is 0 Å². The molecule has 1 aromatic carbocycles. The minimum absolute atomic E-state index is 0.0741. The molecule has 0 saturated heterocycles. The number of hydrogen-bond acceptors (Lipinski definition) is 4. The van der Waals surface area contributed by atoms with Crippen LogP contribution in [-0.2, 0) is 12.6 Å². The fourth-order valence-electron chi connectivity index (χ4n) is 2.59. The summed E-state index contributed by atoms with van der Waals surface area (Å²) >= 11 is 0. The Bertz CT molecular complexity index is 967. The van der Waals surface area contributed by atoms with E-state index in [9.17, 15) is 22.0 Å². The molecule has 0 N–H and O–H groups in total. The SMILES string of the molecule is FC1(F)Oc2ccc(Cc3nnc4c(C(F)(F)F)cccn34)cc2O1. The summed E-state index contributed by atoms with van der Waals surface area (Å²) in [6.07, 6.45) is -6.81. The van der Waals surface area contributed by atoms with E-state index < -0.39 is 18.0 Å². The molecule has 5 nitrogen and oxygen atoms in total. The smallest absolute Gasteiger partial charge is 0.395 e. The van der Waals surface area contributed by atoms with Gasteiger partial charge < -0.3 is 9.47 Å². The quantitative estimate of drug-likeness (QED) is 0.657. The number of nitrogens with zero attached hydrogens (tertiary/aromatic N) is 3. The maximum atomic E-state index is 13.0. The molecule has 2 aromatic heterocycles. The lowest BCUT2D eigenvalue weighted by molar-refractivity contribution is -0.286. The van der Waals surface area contributed by atoms with E-state index in [0.29, 0.717) is 5.56 Å². The zero-order valence-corrected chi connectivity index (χ0v) is 12.2. The number of aromatic nitrogens is 3. The average molecular weight is 357 g/mol. The fourth-order valence-corrected chi connectivity index (χ4v) is 2.59. The molecule has 25 heavy (non-hydrogen) atoms. The van der Waals surface area contributed by atoms with Crippen molar-refractivity contribution in [2.45, 2.75) is 18.9 Å². The van der Waals surface area contributed by atoms with Crippen LogP contribution in [-0.4, -0.2) is 20.9 Å². The van der Waals surface area contributed by atoms with Gasteiger partial charge in [-0.05, 0) is 29.8 Å². The predicted molar refractivity (Wildman–Crippen MR) is 73.4 cm³/mol. The molecule has 0 saturated carbocycles. The molecule has 130 valence electrons. The topological polar surface area (TPSA) is 48.7 Å². The number of hydrogen-bond donors (Lipinski definition) is 0. The zero-order chi connectivity index (χ0) is 17.8. The van der Waals surface area contributed by atoms with Crippen molar-refractivity contribution in [3.8, 4) is 11.5 Å². The summed E-state index contributed by atoms with van der Waals surface area (Å²) in [7, 11) is 0. The first kappa shape index (κ1) is 15.6. The van der Waals surface area contributed by atoms with Gasteiger partial charge in [-0.1, -0.05) is 6.07 Å². The van der Waals surface area contributed by atoms with Gasteiger partial charge in [0.1, 0.15) is 11.4 Å². The Balaban J connectivity index is 1.69. The molecule has 10 heteroatoms. The third-order valence-electron chi connectivity index (χ3n) is 3.64. The molecule has 0 aliphatic carbocycles. The highest BCUT2D eigenvalue weighted by atomic mass is 19.4. The number of rotatable bonds is 2. The lowest BCUT2D eigenvalue weighted by atomic mass is 10.1. The Morgan fingerprint density at radius 3 is 2.56 bits per heavy atom. The van der Waals surface area contributed by atoms with Crippen LogP contribution in [0, 0.1) is 0 Å². The highest BCUT2D eigenvalue weighted by Crippen LogP contribution is 2.41. The van der Waals surface area contributed by atoms with E-state index in [1.54, 1.807) is 0 Å². The molecule has 3 heterocycles. The number of halogens is 5. The minimum atomic E-state index is -4.56. The molecule has 0 unspecified atom stereocenters. The largest absolute Gasteiger partial charge is 0.586 e. The summed E-state index contributed by atoms with van der Waals surface area (Å²) in [6.45, 7) is 0. The molecule has 0 fully saturated rings. The lowest BCUT2D eigenvalue weighted by Gasteiger charge is -2.07. The van der Waals surface area contributed by atoms with Gasteiger partial charge in [-0.15, -0.1) is 19.0 Å². The van der Waals surface area contributed by atoms with Gasteiger partial charge in [0.2, 0.25) is 0 Å². The van der Waals surface area contributed by atoms with Crippen LogP contribution >= 0.6 is 0 Å². The number of ether oxygens (including phenoxy) is 2. The predicted octanol–water partition coefficient (Wildman–Crippen LogP) is 3.66. The first-order valence-electron chi connectivity index (χ1n) is 7.01. The van der Waals surface area contributed by atoms with Gasteiger partial charge in [0.15, 0.2) is 17.1 Å². The zero-order valence-electron chi connectivity index (χ0n) is 12.2. The summed E-state index contributed by atoms with van der Waals surface area (Å²) in [6, 6.07) is 6.28. The monoisotopic (exact) mass is 357 g/mol. The molecule has 1 aliphatic rings.